The van der Waals surface area contributed by atoms with E-state index in [2.05, 4.69) is 16.4 Å². The van der Waals surface area contributed by atoms with Crippen molar-refractivity contribution in [2.75, 3.05) is 13.7 Å². The van der Waals surface area contributed by atoms with Crippen molar-refractivity contribution in [3.8, 4) is 5.75 Å². The Morgan fingerprint density at radius 2 is 2.05 bits per heavy atom. The molecule has 1 aromatic heterocycles. The molecule has 2 N–H and O–H groups in total. The van der Waals surface area contributed by atoms with Gasteiger partial charge >= 0.3 is 0 Å². The summed E-state index contributed by atoms with van der Waals surface area (Å²) in [4.78, 5) is 25.8. The molecule has 5 heteroatoms. The van der Waals surface area contributed by atoms with Crippen LogP contribution >= 0.6 is 0 Å². The molecule has 118 valence electrons. The Labute approximate surface area is 130 Å². The zero-order valence-corrected chi connectivity index (χ0v) is 13.1. The normalized spacial score (nSPS) is 10.6. The Balaban J connectivity index is 1.79. The first kappa shape index (κ1) is 16.1. The molecule has 0 aliphatic heterocycles. The Morgan fingerprint density at radius 3 is 2.77 bits per heavy atom. The van der Waals surface area contributed by atoms with Crippen LogP contribution in [0, 0.1) is 0 Å². The maximum atomic E-state index is 11.6. The molecule has 0 fully saturated rings. The lowest BCUT2D eigenvalue weighted by atomic mass is 10.2. The van der Waals surface area contributed by atoms with E-state index in [-0.39, 0.29) is 11.7 Å². The summed E-state index contributed by atoms with van der Waals surface area (Å²) in [6.45, 7) is 2.13. The Hall–Kier alpha value is -2.30. The number of nitrogens with one attached hydrogen (secondary N) is 2. The summed E-state index contributed by atoms with van der Waals surface area (Å²) in [6.07, 6.45) is 2.24. The molecule has 0 radical (unpaired) electrons. The summed E-state index contributed by atoms with van der Waals surface area (Å²) in [5.41, 5.74) is 2.14. The number of fused-ring (bicyclic) bond motifs is 1. The van der Waals surface area contributed by atoms with Gasteiger partial charge in [-0.05, 0) is 37.6 Å². The highest BCUT2D eigenvalue weighted by Gasteiger charge is 2.05. The van der Waals surface area contributed by atoms with E-state index in [1.165, 1.54) is 0 Å². The number of Topliss-reactive ketones (excluding diaryl/α,β-unsaturated/α-hetero) is 1. The zero-order chi connectivity index (χ0) is 15.9. The lowest BCUT2D eigenvalue weighted by Crippen LogP contribution is -2.25. The smallest absolute Gasteiger partial charge is 0.220 e. The molecule has 1 aromatic carbocycles. The van der Waals surface area contributed by atoms with E-state index in [0.29, 0.717) is 25.8 Å². The number of amides is 1. The van der Waals surface area contributed by atoms with E-state index >= 15 is 0 Å². The summed E-state index contributed by atoms with van der Waals surface area (Å²) in [7, 11) is 1.65. The van der Waals surface area contributed by atoms with Crippen LogP contribution in [0.3, 0.4) is 0 Å². The molecule has 2 aromatic rings. The number of rotatable bonds is 8. The molecular weight excluding hydrogens is 280 g/mol. The maximum absolute atomic E-state index is 11.6. The van der Waals surface area contributed by atoms with Crippen molar-refractivity contribution in [1.82, 2.24) is 10.3 Å². The van der Waals surface area contributed by atoms with E-state index in [1.807, 2.05) is 18.2 Å². The van der Waals surface area contributed by atoms with Crippen molar-refractivity contribution in [2.45, 2.75) is 32.6 Å². The van der Waals surface area contributed by atoms with Crippen molar-refractivity contribution >= 4 is 22.6 Å². The van der Waals surface area contributed by atoms with Gasteiger partial charge in [0, 0.05) is 42.4 Å². The molecule has 1 heterocycles. The molecule has 22 heavy (non-hydrogen) atoms. The highest BCUT2D eigenvalue weighted by Crippen LogP contribution is 2.21. The summed E-state index contributed by atoms with van der Waals surface area (Å²) in [5, 5.41) is 3.98. The Kier molecular flexibility index (Phi) is 5.58. The fourth-order valence-corrected chi connectivity index (χ4v) is 2.36. The number of aromatic amines is 1. The van der Waals surface area contributed by atoms with Crippen LogP contribution in [0.5, 0.6) is 5.75 Å². The topological polar surface area (TPSA) is 71.2 Å². The SMILES string of the molecule is COc1ccc2[nH]c(CCNC(=O)CCCC(C)=O)cc2c1. The third-order valence-corrected chi connectivity index (χ3v) is 3.53. The fraction of sp³-hybridized carbons (Fsp3) is 0.412. The number of carbonyl (C=O) groups excluding carboxylic acids is 2. The van der Waals surface area contributed by atoms with Crippen molar-refractivity contribution in [2.24, 2.45) is 0 Å². The number of ether oxygens (including phenoxy) is 1. The van der Waals surface area contributed by atoms with Gasteiger partial charge in [0.1, 0.15) is 11.5 Å². The summed E-state index contributed by atoms with van der Waals surface area (Å²) >= 11 is 0. The molecule has 1 amide bonds. The van der Waals surface area contributed by atoms with Gasteiger partial charge < -0.3 is 19.8 Å². The van der Waals surface area contributed by atoms with Gasteiger partial charge in [-0.1, -0.05) is 0 Å². The number of methoxy groups -OCH3 is 1. The third-order valence-electron chi connectivity index (χ3n) is 3.53. The van der Waals surface area contributed by atoms with Gasteiger partial charge in [-0.15, -0.1) is 0 Å². The van der Waals surface area contributed by atoms with Crippen molar-refractivity contribution in [3.63, 3.8) is 0 Å². The van der Waals surface area contributed by atoms with Crippen molar-refractivity contribution < 1.29 is 14.3 Å². The first-order chi connectivity index (χ1) is 10.6. The molecular formula is C17H22N2O3. The maximum Gasteiger partial charge on any atom is 0.220 e. The van der Waals surface area contributed by atoms with E-state index in [4.69, 9.17) is 4.74 Å². The molecule has 0 bridgehead atoms. The molecule has 0 saturated carbocycles. The van der Waals surface area contributed by atoms with Gasteiger partial charge in [0.2, 0.25) is 5.91 Å². The second-order valence-electron chi connectivity index (χ2n) is 5.40. The molecule has 0 saturated heterocycles. The number of H-pyrrole nitrogens is 1. The molecule has 2 rings (SSSR count). The summed E-state index contributed by atoms with van der Waals surface area (Å²) in [5.74, 6) is 0.956. The van der Waals surface area contributed by atoms with Gasteiger partial charge in [-0.25, -0.2) is 0 Å². The standard InChI is InChI=1S/C17H22N2O3/c1-12(20)4-3-5-17(21)18-9-8-14-10-13-11-15(22-2)6-7-16(13)19-14/h6-7,10-11,19H,3-5,8-9H2,1-2H3,(H,18,21). The first-order valence-corrected chi connectivity index (χ1v) is 7.50. The van der Waals surface area contributed by atoms with Crippen LogP contribution in [0.15, 0.2) is 24.3 Å². The van der Waals surface area contributed by atoms with Gasteiger partial charge in [0.15, 0.2) is 0 Å². The summed E-state index contributed by atoms with van der Waals surface area (Å²) < 4.78 is 5.20. The van der Waals surface area contributed by atoms with Crippen LogP contribution in [-0.2, 0) is 16.0 Å². The van der Waals surface area contributed by atoms with E-state index in [0.717, 1.165) is 28.8 Å². The minimum absolute atomic E-state index is 0.000898. The van der Waals surface area contributed by atoms with E-state index in [9.17, 15) is 9.59 Å². The molecule has 0 aliphatic carbocycles. The third kappa shape index (κ3) is 4.62. The Morgan fingerprint density at radius 1 is 1.23 bits per heavy atom. The largest absolute Gasteiger partial charge is 0.497 e. The number of hydrogen-bond acceptors (Lipinski definition) is 3. The Bertz CT molecular complexity index is 661. The minimum Gasteiger partial charge on any atom is -0.497 e. The van der Waals surface area contributed by atoms with Gasteiger partial charge in [-0.3, -0.25) is 4.79 Å². The van der Waals surface area contributed by atoms with Crippen LogP contribution in [0.25, 0.3) is 10.9 Å². The average molecular weight is 302 g/mol. The molecule has 0 aliphatic rings. The van der Waals surface area contributed by atoms with E-state index < -0.39 is 0 Å². The summed E-state index contributed by atoms with van der Waals surface area (Å²) in [6, 6.07) is 7.95. The molecule has 0 unspecified atom stereocenters. The van der Waals surface area contributed by atoms with Crippen molar-refractivity contribution in [3.05, 3.63) is 30.0 Å². The first-order valence-electron chi connectivity index (χ1n) is 7.50. The number of hydrogen-bond donors (Lipinski definition) is 2. The number of carbonyl (C=O) groups is 2. The van der Waals surface area contributed by atoms with E-state index in [1.54, 1.807) is 14.0 Å². The van der Waals surface area contributed by atoms with Crippen LogP contribution in [0.2, 0.25) is 0 Å². The average Bonchev–Trinajstić information content (AvgIpc) is 2.88. The van der Waals surface area contributed by atoms with Gasteiger partial charge in [0.25, 0.3) is 0 Å². The van der Waals surface area contributed by atoms with Crippen LogP contribution in [0.1, 0.15) is 31.9 Å². The highest BCUT2D eigenvalue weighted by atomic mass is 16.5. The van der Waals surface area contributed by atoms with Gasteiger partial charge in [-0.2, -0.15) is 0 Å². The highest BCUT2D eigenvalue weighted by molar-refractivity contribution is 5.82. The van der Waals surface area contributed by atoms with Crippen LogP contribution in [-0.4, -0.2) is 30.3 Å². The second-order valence-corrected chi connectivity index (χ2v) is 5.40. The fourth-order valence-electron chi connectivity index (χ4n) is 2.36. The van der Waals surface area contributed by atoms with Crippen molar-refractivity contribution in [1.29, 1.82) is 0 Å². The van der Waals surface area contributed by atoms with Crippen LogP contribution in [0.4, 0.5) is 0 Å². The number of benzene rings is 1. The second kappa shape index (κ2) is 7.64. The lowest BCUT2D eigenvalue weighted by molar-refractivity contribution is -0.121. The molecule has 0 spiro atoms. The quantitative estimate of drug-likeness (QED) is 0.787. The predicted molar refractivity (Wildman–Crippen MR) is 86.1 cm³/mol. The molecule has 0 atom stereocenters. The predicted octanol–water partition coefficient (Wildman–Crippen LogP) is 2.59. The molecule has 5 nitrogen and oxygen atoms in total. The zero-order valence-electron chi connectivity index (χ0n) is 13.1. The van der Waals surface area contributed by atoms with Crippen LogP contribution < -0.4 is 10.1 Å². The van der Waals surface area contributed by atoms with Gasteiger partial charge in [0.05, 0.1) is 7.11 Å². The lowest BCUT2D eigenvalue weighted by Gasteiger charge is -2.03. The number of aromatic nitrogens is 1. The number of ketones is 1. The minimum atomic E-state index is -0.000898. The monoisotopic (exact) mass is 302 g/mol.